The quantitative estimate of drug-likeness (QED) is 0.854. The number of anilines is 1. The molecule has 2 rings (SSSR count). The molecule has 1 aromatic carbocycles. The van der Waals surface area contributed by atoms with E-state index in [0.717, 1.165) is 22.4 Å². The minimum absolute atomic E-state index is 0.340. The van der Waals surface area contributed by atoms with Crippen LogP contribution in [-0.4, -0.2) is 27.1 Å². The summed E-state index contributed by atoms with van der Waals surface area (Å²) in [6, 6.07) is 5.40. The number of ether oxygens (including phenoxy) is 1. The number of benzene rings is 1. The lowest BCUT2D eigenvalue weighted by atomic mass is 10.3. The van der Waals surface area contributed by atoms with Gasteiger partial charge in [-0.2, -0.15) is 13.1 Å². The van der Waals surface area contributed by atoms with E-state index in [2.05, 4.69) is 14.4 Å². The van der Waals surface area contributed by atoms with E-state index in [1.54, 1.807) is 19.2 Å². The standard InChI is InChI=1S/C11H15N3O3S2/c1-3-6-12-19(15,16)14-11-13-9-5-4-8(17-2)7-10(9)18-11/h4-5,7,12H,3,6H2,1-2H3,(H,13,14). The lowest BCUT2D eigenvalue weighted by molar-refractivity contribution is 0.415. The fraction of sp³-hybridized carbons (Fsp3) is 0.364. The lowest BCUT2D eigenvalue weighted by Gasteiger charge is -2.04. The van der Waals surface area contributed by atoms with Crippen LogP contribution in [0, 0.1) is 0 Å². The SMILES string of the molecule is CCCNS(=O)(=O)Nc1nc2ccc(OC)cc2s1. The minimum Gasteiger partial charge on any atom is -0.497 e. The van der Waals surface area contributed by atoms with Crippen molar-refractivity contribution in [1.82, 2.24) is 9.71 Å². The van der Waals surface area contributed by atoms with Crippen molar-refractivity contribution in [1.29, 1.82) is 0 Å². The summed E-state index contributed by atoms with van der Waals surface area (Å²) in [7, 11) is -1.96. The van der Waals surface area contributed by atoms with Crippen LogP contribution in [0.25, 0.3) is 10.2 Å². The Hall–Kier alpha value is -1.38. The molecule has 0 saturated heterocycles. The van der Waals surface area contributed by atoms with E-state index < -0.39 is 10.2 Å². The van der Waals surface area contributed by atoms with Gasteiger partial charge in [-0.3, -0.25) is 0 Å². The Bertz CT molecular complexity index is 667. The molecule has 1 heterocycles. The molecule has 19 heavy (non-hydrogen) atoms. The number of hydrogen-bond donors (Lipinski definition) is 2. The van der Waals surface area contributed by atoms with Crippen molar-refractivity contribution in [3.05, 3.63) is 18.2 Å². The first-order chi connectivity index (χ1) is 9.04. The minimum atomic E-state index is -3.54. The maximum absolute atomic E-state index is 11.7. The zero-order valence-electron chi connectivity index (χ0n) is 10.6. The largest absolute Gasteiger partial charge is 0.497 e. The fourth-order valence-electron chi connectivity index (χ4n) is 1.46. The highest BCUT2D eigenvalue weighted by atomic mass is 32.2. The van der Waals surface area contributed by atoms with E-state index in [0.29, 0.717) is 11.7 Å². The molecule has 0 bridgehead atoms. The van der Waals surface area contributed by atoms with Crippen molar-refractivity contribution in [2.45, 2.75) is 13.3 Å². The summed E-state index contributed by atoms with van der Waals surface area (Å²) in [4.78, 5) is 4.21. The molecule has 0 spiro atoms. The first kappa shape index (κ1) is 14.0. The third kappa shape index (κ3) is 3.55. The number of aromatic nitrogens is 1. The van der Waals surface area contributed by atoms with Crippen molar-refractivity contribution in [2.75, 3.05) is 18.4 Å². The molecule has 0 amide bonds. The molecule has 0 fully saturated rings. The number of methoxy groups -OCH3 is 1. The Morgan fingerprint density at radius 2 is 2.21 bits per heavy atom. The number of thiazole rings is 1. The van der Waals surface area contributed by atoms with Crippen molar-refractivity contribution in [3.8, 4) is 5.75 Å². The second kappa shape index (κ2) is 5.72. The second-order valence-corrected chi connectivity index (χ2v) is 6.38. The molecule has 8 heteroatoms. The third-order valence-corrected chi connectivity index (χ3v) is 4.47. The van der Waals surface area contributed by atoms with Gasteiger partial charge in [0.05, 0.1) is 17.3 Å². The van der Waals surface area contributed by atoms with Crippen LogP contribution < -0.4 is 14.2 Å². The van der Waals surface area contributed by atoms with Crippen LogP contribution in [0.15, 0.2) is 18.2 Å². The number of nitrogens with one attached hydrogen (secondary N) is 2. The average Bonchev–Trinajstić information content (AvgIpc) is 2.76. The summed E-state index contributed by atoms with van der Waals surface area (Å²) in [5.74, 6) is 0.717. The Kier molecular flexibility index (Phi) is 4.23. The number of hydrogen-bond acceptors (Lipinski definition) is 5. The van der Waals surface area contributed by atoms with Crippen LogP contribution in [0.1, 0.15) is 13.3 Å². The molecule has 0 atom stereocenters. The molecular formula is C11H15N3O3S2. The first-order valence-corrected chi connectivity index (χ1v) is 8.06. The zero-order valence-corrected chi connectivity index (χ0v) is 12.3. The maximum Gasteiger partial charge on any atom is 0.300 e. The molecule has 0 saturated carbocycles. The van der Waals surface area contributed by atoms with Crippen LogP contribution in [0.4, 0.5) is 5.13 Å². The number of rotatable bonds is 6. The molecule has 2 N–H and O–H groups in total. The molecule has 0 aliphatic rings. The highest BCUT2D eigenvalue weighted by Crippen LogP contribution is 2.29. The summed E-state index contributed by atoms with van der Waals surface area (Å²) in [6.07, 6.45) is 0.734. The third-order valence-electron chi connectivity index (χ3n) is 2.36. The summed E-state index contributed by atoms with van der Waals surface area (Å²) in [6.45, 7) is 2.29. The first-order valence-electron chi connectivity index (χ1n) is 5.76. The summed E-state index contributed by atoms with van der Waals surface area (Å²) in [5.41, 5.74) is 0.735. The highest BCUT2D eigenvalue weighted by molar-refractivity contribution is 7.91. The summed E-state index contributed by atoms with van der Waals surface area (Å²) in [5, 5.41) is 0.340. The van der Waals surface area contributed by atoms with Gasteiger partial charge in [-0.25, -0.2) is 9.71 Å². The van der Waals surface area contributed by atoms with Gasteiger partial charge in [0.2, 0.25) is 0 Å². The zero-order chi connectivity index (χ0) is 13.9. The predicted octanol–water partition coefficient (Wildman–Crippen LogP) is 1.96. The van der Waals surface area contributed by atoms with Crippen LogP contribution in [0.2, 0.25) is 0 Å². The van der Waals surface area contributed by atoms with Crippen molar-refractivity contribution in [2.24, 2.45) is 0 Å². The van der Waals surface area contributed by atoms with Gasteiger partial charge in [0, 0.05) is 6.54 Å². The molecule has 0 aliphatic carbocycles. The van der Waals surface area contributed by atoms with Gasteiger partial charge >= 0.3 is 10.2 Å². The van der Waals surface area contributed by atoms with Crippen molar-refractivity contribution < 1.29 is 13.2 Å². The van der Waals surface area contributed by atoms with Gasteiger partial charge in [-0.15, -0.1) is 0 Å². The molecule has 0 aliphatic heterocycles. The van der Waals surface area contributed by atoms with Crippen LogP contribution >= 0.6 is 11.3 Å². The highest BCUT2D eigenvalue weighted by Gasteiger charge is 2.12. The van der Waals surface area contributed by atoms with E-state index in [1.165, 1.54) is 11.3 Å². The van der Waals surface area contributed by atoms with Crippen LogP contribution in [0.5, 0.6) is 5.75 Å². The van der Waals surface area contributed by atoms with Gasteiger partial charge < -0.3 is 4.74 Å². The van der Waals surface area contributed by atoms with E-state index in [1.807, 2.05) is 13.0 Å². The van der Waals surface area contributed by atoms with E-state index in [4.69, 9.17) is 4.74 Å². The van der Waals surface area contributed by atoms with Crippen molar-refractivity contribution >= 4 is 36.9 Å². The van der Waals surface area contributed by atoms with E-state index in [-0.39, 0.29) is 0 Å². The molecule has 6 nitrogen and oxygen atoms in total. The average molecular weight is 301 g/mol. The molecule has 0 unspecified atom stereocenters. The lowest BCUT2D eigenvalue weighted by Crippen LogP contribution is -2.30. The van der Waals surface area contributed by atoms with E-state index in [9.17, 15) is 8.42 Å². The maximum atomic E-state index is 11.7. The topological polar surface area (TPSA) is 80.3 Å². The molecule has 1 aromatic heterocycles. The predicted molar refractivity (Wildman–Crippen MR) is 77.0 cm³/mol. The van der Waals surface area contributed by atoms with Crippen LogP contribution in [0.3, 0.4) is 0 Å². The Morgan fingerprint density at radius 3 is 2.89 bits per heavy atom. The Labute approximate surface area is 116 Å². The van der Waals surface area contributed by atoms with E-state index >= 15 is 0 Å². The normalized spacial score (nSPS) is 11.7. The summed E-state index contributed by atoms with van der Waals surface area (Å²) < 4.78 is 34.2. The van der Waals surface area contributed by atoms with Crippen LogP contribution in [-0.2, 0) is 10.2 Å². The smallest absolute Gasteiger partial charge is 0.300 e. The Morgan fingerprint density at radius 1 is 1.42 bits per heavy atom. The summed E-state index contributed by atoms with van der Waals surface area (Å²) >= 11 is 1.27. The second-order valence-electron chi connectivity index (χ2n) is 3.85. The number of fused-ring (bicyclic) bond motifs is 1. The van der Waals surface area contributed by atoms with Gasteiger partial charge in [0.1, 0.15) is 5.75 Å². The fourth-order valence-corrected chi connectivity index (χ4v) is 3.52. The van der Waals surface area contributed by atoms with Gasteiger partial charge in [-0.05, 0) is 24.6 Å². The Balaban J connectivity index is 2.22. The molecule has 104 valence electrons. The molecular weight excluding hydrogens is 286 g/mol. The van der Waals surface area contributed by atoms with Crippen molar-refractivity contribution in [3.63, 3.8) is 0 Å². The van der Waals surface area contributed by atoms with Gasteiger partial charge in [0.25, 0.3) is 0 Å². The number of nitrogens with zero attached hydrogens (tertiary/aromatic N) is 1. The van der Waals surface area contributed by atoms with Gasteiger partial charge in [-0.1, -0.05) is 18.3 Å². The molecule has 0 radical (unpaired) electrons. The van der Waals surface area contributed by atoms with Gasteiger partial charge in [0.15, 0.2) is 5.13 Å². The molecule has 2 aromatic rings. The monoisotopic (exact) mass is 301 g/mol.